The number of halogens is 3. The molecule has 0 fully saturated rings. The van der Waals surface area contributed by atoms with Crippen LogP contribution in [0.5, 0.6) is 0 Å². The van der Waals surface area contributed by atoms with Gasteiger partial charge >= 0.3 is 0 Å². The molecule has 0 atom stereocenters. The first-order valence-electron chi connectivity index (χ1n) is 5.10. The van der Waals surface area contributed by atoms with Crippen LogP contribution in [0.3, 0.4) is 0 Å². The molecular weight excluding hydrogens is 325 g/mol. The molecule has 0 aliphatic carbocycles. The number of aromatic nitrogens is 3. The molecule has 0 radical (unpaired) electrons. The maximum absolute atomic E-state index is 6.20. The van der Waals surface area contributed by atoms with E-state index in [0.29, 0.717) is 10.9 Å². The number of nitrogens with zero attached hydrogens (tertiary/aromatic N) is 3. The summed E-state index contributed by atoms with van der Waals surface area (Å²) in [7, 11) is 0. The number of rotatable bonds is 3. The van der Waals surface area contributed by atoms with Gasteiger partial charge in [-0.05, 0) is 25.1 Å². The lowest BCUT2D eigenvalue weighted by Gasteiger charge is -2.07. The van der Waals surface area contributed by atoms with E-state index in [-0.39, 0.29) is 0 Å². The summed E-state index contributed by atoms with van der Waals surface area (Å²) < 4.78 is 2.90. The fourth-order valence-electron chi connectivity index (χ4n) is 1.64. The van der Waals surface area contributed by atoms with Crippen molar-refractivity contribution in [3.8, 4) is 11.4 Å². The Bertz CT molecular complexity index is 540. The van der Waals surface area contributed by atoms with Gasteiger partial charge in [0.05, 0.1) is 10.9 Å². The summed E-state index contributed by atoms with van der Waals surface area (Å²) in [5, 5.41) is 8.84. The zero-order valence-electron chi connectivity index (χ0n) is 9.12. The minimum atomic E-state index is 0.342. The summed E-state index contributed by atoms with van der Waals surface area (Å²) in [6, 6.07) is 5.68. The van der Waals surface area contributed by atoms with Gasteiger partial charge < -0.3 is 4.57 Å². The second kappa shape index (κ2) is 5.38. The zero-order chi connectivity index (χ0) is 12.4. The molecule has 1 aromatic carbocycles. The first kappa shape index (κ1) is 12.9. The van der Waals surface area contributed by atoms with Crippen molar-refractivity contribution in [2.24, 2.45) is 0 Å². The van der Waals surface area contributed by atoms with Crippen molar-refractivity contribution in [1.29, 1.82) is 0 Å². The molecule has 0 spiro atoms. The van der Waals surface area contributed by atoms with Crippen molar-refractivity contribution in [3.05, 3.63) is 33.5 Å². The molecule has 6 heteroatoms. The van der Waals surface area contributed by atoms with Crippen LogP contribution in [0.2, 0.25) is 5.02 Å². The number of alkyl halides is 1. The highest BCUT2D eigenvalue weighted by Crippen LogP contribution is 2.29. The standard InChI is InChI=1S/C11H10BrCl2N3/c1-2-17-10(6-13)15-16-11(17)8-4-3-7(12)5-9(8)14/h3-5H,2,6H2,1H3. The topological polar surface area (TPSA) is 30.7 Å². The van der Waals surface area contributed by atoms with E-state index in [4.69, 9.17) is 23.2 Å². The molecule has 2 rings (SSSR count). The Labute approximate surface area is 118 Å². The Kier molecular flexibility index (Phi) is 4.07. The summed E-state index contributed by atoms with van der Waals surface area (Å²) in [6.45, 7) is 2.78. The van der Waals surface area contributed by atoms with Gasteiger partial charge in [-0.2, -0.15) is 0 Å². The second-order valence-corrected chi connectivity index (χ2v) is 5.03. The fraction of sp³-hybridized carbons (Fsp3) is 0.273. The van der Waals surface area contributed by atoms with Crippen LogP contribution in [0, 0.1) is 0 Å². The van der Waals surface area contributed by atoms with E-state index in [0.717, 1.165) is 28.2 Å². The van der Waals surface area contributed by atoms with Crippen LogP contribution in [0.4, 0.5) is 0 Å². The van der Waals surface area contributed by atoms with Gasteiger partial charge in [0, 0.05) is 16.6 Å². The molecule has 0 N–H and O–H groups in total. The van der Waals surface area contributed by atoms with E-state index >= 15 is 0 Å². The van der Waals surface area contributed by atoms with Crippen molar-refractivity contribution >= 4 is 39.1 Å². The maximum Gasteiger partial charge on any atom is 0.165 e. The highest BCUT2D eigenvalue weighted by atomic mass is 79.9. The summed E-state index contributed by atoms with van der Waals surface area (Å²) in [6.07, 6.45) is 0. The van der Waals surface area contributed by atoms with Gasteiger partial charge in [0.1, 0.15) is 5.82 Å². The summed E-state index contributed by atoms with van der Waals surface area (Å²) >= 11 is 15.4. The maximum atomic E-state index is 6.20. The van der Waals surface area contributed by atoms with Gasteiger partial charge in [-0.1, -0.05) is 27.5 Å². The molecule has 1 aromatic heterocycles. The van der Waals surface area contributed by atoms with Gasteiger partial charge in [-0.15, -0.1) is 21.8 Å². The third kappa shape index (κ3) is 2.49. The van der Waals surface area contributed by atoms with Crippen LogP contribution in [-0.2, 0) is 12.4 Å². The molecular formula is C11H10BrCl2N3. The molecule has 0 bridgehead atoms. The molecule has 2 aromatic rings. The normalized spacial score (nSPS) is 10.8. The smallest absolute Gasteiger partial charge is 0.165 e. The van der Waals surface area contributed by atoms with Crippen LogP contribution in [-0.4, -0.2) is 14.8 Å². The monoisotopic (exact) mass is 333 g/mol. The lowest BCUT2D eigenvalue weighted by Crippen LogP contribution is -2.02. The van der Waals surface area contributed by atoms with E-state index in [1.54, 1.807) is 0 Å². The van der Waals surface area contributed by atoms with E-state index in [9.17, 15) is 0 Å². The highest BCUT2D eigenvalue weighted by molar-refractivity contribution is 9.10. The Morgan fingerprint density at radius 1 is 1.35 bits per heavy atom. The molecule has 1 heterocycles. The summed E-state index contributed by atoms with van der Waals surface area (Å²) in [5.41, 5.74) is 0.862. The van der Waals surface area contributed by atoms with Crippen molar-refractivity contribution in [3.63, 3.8) is 0 Å². The molecule has 0 saturated carbocycles. The lowest BCUT2D eigenvalue weighted by molar-refractivity contribution is 0.731. The average molecular weight is 335 g/mol. The predicted octanol–water partition coefficient (Wildman–Crippen LogP) is 4.12. The lowest BCUT2D eigenvalue weighted by atomic mass is 10.2. The van der Waals surface area contributed by atoms with E-state index in [2.05, 4.69) is 26.1 Å². The minimum absolute atomic E-state index is 0.342. The Morgan fingerprint density at radius 3 is 2.71 bits per heavy atom. The number of hydrogen-bond acceptors (Lipinski definition) is 2. The molecule has 3 nitrogen and oxygen atoms in total. The molecule has 90 valence electrons. The Balaban J connectivity index is 2.56. The number of benzene rings is 1. The highest BCUT2D eigenvalue weighted by Gasteiger charge is 2.14. The van der Waals surface area contributed by atoms with Gasteiger partial charge in [0.25, 0.3) is 0 Å². The van der Waals surface area contributed by atoms with Crippen LogP contribution >= 0.6 is 39.1 Å². The van der Waals surface area contributed by atoms with Crippen molar-refractivity contribution in [1.82, 2.24) is 14.8 Å². The predicted molar refractivity (Wildman–Crippen MR) is 73.4 cm³/mol. The fourth-order valence-corrected chi connectivity index (χ4v) is 2.59. The SMILES string of the molecule is CCn1c(CCl)nnc1-c1ccc(Br)cc1Cl. The molecule has 0 aliphatic rings. The molecule has 17 heavy (non-hydrogen) atoms. The van der Waals surface area contributed by atoms with Crippen molar-refractivity contribution < 1.29 is 0 Å². The minimum Gasteiger partial charge on any atom is -0.310 e. The summed E-state index contributed by atoms with van der Waals surface area (Å²) in [5.74, 6) is 1.85. The van der Waals surface area contributed by atoms with Crippen LogP contribution < -0.4 is 0 Å². The first-order chi connectivity index (χ1) is 8.17. The van der Waals surface area contributed by atoms with Crippen LogP contribution in [0.1, 0.15) is 12.7 Å². The van der Waals surface area contributed by atoms with Crippen molar-refractivity contribution in [2.45, 2.75) is 19.3 Å². The van der Waals surface area contributed by atoms with E-state index in [1.807, 2.05) is 29.7 Å². The third-order valence-corrected chi connectivity index (χ3v) is 3.48. The van der Waals surface area contributed by atoms with Crippen LogP contribution in [0.15, 0.2) is 22.7 Å². The molecule has 0 amide bonds. The molecule has 0 aliphatic heterocycles. The Hall–Kier alpha value is -0.580. The number of hydrogen-bond donors (Lipinski definition) is 0. The van der Waals surface area contributed by atoms with Gasteiger partial charge in [-0.3, -0.25) is 0 Å². The first-order valence-corrected chi connectivity index (χ1v) is 6.81. The van der Waals surface area contributed by atoms with E-state index < -0.39 is 0 Å². The summed E-state index contributed by atoms with van der Waals surface area (Å²) in [4.78, 5) is 0. The Morgan fingerprint density at radius 2 is 2.12 bits per heavy atom. The third-order valence-electron chi connectivity index (χ3n) is 2.44. The van der Waals surface area contributed by atoms with Crippen LogP contribution in [0.25, 0.3) is 11.4 Å². The average Bonchev–Trinajstić information content (AvgIpc) is 2.71. The largest absolute Gasteiger partial charge is 0.310 e. The zero-order valence-corrected chi connectivity index (χ0v) is 12.2. The van der Waals surface area contributed by atoms with Gasteiger partial charge in [-0.25, -0.2) is 0 Å². The molecule has 0 unspecified atom stereocenters. The van der Waals surface area contributed by atoms with Gasteiger partial charge in [0.15, 0.2) is 5.82 Å². The van der Waals surface area contributed by atoms with Crippen molar-refractivity contribution in [2.75, 3.05) is 0 Å². The quantitative estimate of drug-likeness (QED) is 0.790. The van der Waals surface area contributed by atoms with E-state index in [1.165, 1.54) is 0 Å². The second-order valence-electron chi connectivity index (χ2n) is 3.44. The van der Waals surface area contributed by atoms with Gasteiger partial charge in [0.2, 0.25) is 0 Å². The molecule has 0 saturated heterocycles.